The predicted molar refractivity (Wildman–Crippen MR) is 92.6 cm³/mol. The molecule has 1 fully saturated rings. The summed E-state index contributed by atoms with van der Waals surface area (Å²) in [6.45, 7) is 1.90. The van der Waals surface area contributed by atoms with Crippen molar-refractivity contribution in [2.75, 3.05) is 31.1 Å². The summed E-state index contributed by atoms with van der Waals surface area (Å²) in [6, 6.07) is 7.89. The van der Waals surface area contributed by atoms with Crippen molar-refractivity contribution in [2.24, 2.45) is 0 Å². The second-order valence-corrected chi connectivity index (χ2v) is 6.49. The number of halogens is 2. The normalized spacial score (nSPS) is 14.8. The topological polar surface area (TPSA) is 79.8 Å². The molecule has 24 heavy (non-hydrogen) atoms. The van der Waals surface area contributed by atoms with Gasteiger partial charge in [-0.05, 0) is 40.2 Å². The third kappa shape index (κ3) is 3.39. The maximum Gasteiger partial charge on any atom is 0.294 e. The Morgan fingerprint density at radius 1 is 1.21 bits per heavy atom. The Morgan fingerprint density at radius 3 is 2.50 bits per heavy atom. The van der Waals surface area contributed by atoms with Gasteiger partial charge in [0.05, 0.1) is 4.92 Å². The Bertz CT molecular complexity index is 787. The zero-order chi connectivity index (χ0) is 17.3. The molecule has 2 aromatic rings. The summed E-state index contributed by atoms with van der Waals surface area (Å²) in [5.74, 6) is 0.0822. The third-order valence-corrected chi connectivity index (χ3v) is 4.49. The first-order valence-electron chi connectivity index (χ1n) is 7.19. The predicted octanol–water partition coefficient (Wildman–Crippen LogP) is 3.57. The van der Waals surface area contributed by atoms with E-state index < -0.39 is 4.92 Å². The van der Waals surface area contributed by atoms with Crippen molar-refractivity contribution in [3.05, 3.63) is 55.9 Å². The fourth-order valence-corrected chi connectivity index (χ4v) is 3.12. The van der Waals surface area contributed by atoms with Crippen molar-refractivity contribution in [2.45, 2.75) is 0 Å². The quantitative estimate of drug-likeness (QED) is 0.567. The van der Waals surface area contributed by atoms with Crippen LogP contribution in [0, 0.1) is 10.1 Å². The Morgan fingerprint density at radius 2 is 1.92 bits per heavy atom. The van der Waals surface area contributed by atoms with E-state index in [1.54, 1.807) is 29.2 Å². The molecule has 0 unspecified atom stereocenters. The Labute approximate surface area is 151 Å². The summed E-state index contributed by atoms with van der Waals surface area (Å²) in [5, 5.41) is 11.5. The number of hydrogen-bond acceptors (Lipinski definition) is 5. The van der Waals surface area contributed by atoms with Crippen LogP contribution < -0.4 is 4.90 Å². The van der Waals surface area contributed by atoms with E-state index in [0.717, 1.165) is 0 Å². The summed E-state index contributed by atoms with van der Waals surface area (Å²) in [7, 11) is 0. The fraction of sp³-hybridized carbons (Fsp3) is 0.267. The van der Waals surface area contributed by atoms with E-state index in [4.69, 9.17) is 16.0 Å². The van der Waals surface area contributed by atoms with Crippen molar-refractivity contribution < 1.29 is 14.1 Å². The molecule has 0 saturated carbocycles. The minimum Gasteiger partial charge on any atom is -0.444 e. The van der Waals surface area contributed by atoms with Crippen LogP contribution >= 0.6 is 27.5 Å². The van der Waals surface area contributed by atoms with Gasteiger partial charge in [-0.3, -0.25) is 14.9 Å². The van der Waals surface area contributed by atoms with Gasteiger partial charge in [0.2, 0.25) is 0 Å². The van der Waals surface area contributed by atoms with Crippen molar-refractivity contribution in [1.82, 2.24) is 4.90 Å². The number of carbonyl (C=O) groups is 1. The number of rotatable bonds is 3. The standard InChI is InChI=1S/C15H13BrClN3O4/c16-14-4-3-13(24-14)15(21)19-7-5-18(6-8-19)11-2-1-10(17)9-12(11)20(22)23/h1-4,9H,5-8H2. The maximum atomic E-state index is 12.3. The highest BCUT2D eigenvalue weighted by molar-refractivity contribution is 9.10. The highest BCUT2D eigenvalue weighted by Gasteiger charge is 2.27. The number of nitro groups is 1. The van der Waals surface area contributed by atoms with Gasteiger partial charge in [0, 0.05) is 37.3 Å². The van der Waals surface area contributed by atoms with E-state index in [2.05, 4.69) is 15.9 Å². The molecule has 7 nitrogen and oxygen atoms in total. The van der Waals surface area contributed by atoms with Gasteiger partial charge in [0.15, 0.2) is 10.4 Å². The van der Waals surface area contributed by atoms with Gasteiger partial charge in [0.1, 0.15) is 5.69 Å². The fourth-order valence-electron chi connectivity index (χ4n) is 2.65. The molecule has 0 spiro atoms. The van der Waals surface area contributed by atoms with Crippen LogP contribution in [0.15, 0.2) is 39.4 Å². The van der Waals surface area contributed by atoms with Gasteiger partial charge in [-0.25, -0.2) is 0 Å². The molecule has 2 heterocycles. The first-order chi connectivity index (χ1) is 11.5. The summed E-state index contributed by atoms with van der Waals surface area (Å²) in [4.78, 5) is 26.7. The molecule has 3 rings (SSSR count). The number of piperazine rings is 1. The minimum absolute atomic E-state index is 0.0303. The highest BCUT2D eigenvalue weighted by Crippen LogP contribution is 2.31. The monoisotopic (exact) mass is 413 g/mol. The van der Waals surface area contributed by atoms with Crippen LogP contribution in [0.5, 0.6) is 0 Å². The highest BCUT2D eigenvalue weighted by atomic mass is 79.9. The average Bonchev–Trinajstić information content (AvgIpc) is 3.01. The SMILES string of the molecule is O=C(c1ccc(Br)o1)N1CCN(c2ccc(Cl)cc2[N+](=O)[O-])CC1. The molecular weight excluding hydrogens is 402 g/mol. The molecule has 0 N–H and O–H groups in total. The lowest BCUT2D eigenvalue weighted by atomic mass is 10.2. The first-order valence-corrected chi connectivity index (χ1v) is 8.36. The van der Waals surface area contributed by atoms with Crippen LogP contribution in [0.1, 0.15) is 10.6 Å². The Balaban J connectivity index is 1.71. The van der Waals surface area contributed by atoms with Crippen LogP contribution in [0.3, 0.4) is 0 Å². The molecule has 1 aromatic carbocycles. The van der Waals surface area contributed by atoms with Crippen LogP contribution in [-0.2, 0) is 0 Å². The summed E-state index contributed by atoms with van der Waals surface area (Å²) >= 11 is 9.02. The van der Waals surface area contributed by atoms with Crippen molar-refractivity contribution in [3.63, 3.8) is 0 Å². The van der Waals surface area contributed by atoms with E-state index in [0.29, 0.717) is 41.6 Å². The number of nitro benzene ring substituents is 1. The van der Waals surface area contributed by atoms with Crippen molar-refractivity contribution in [1.29, 1.82) is 0 Å². The molecule has 0 bridgehead atoms. The van der Waals surface area contributed by atoms with Crippen LogP contribution in [0.4, 0.5) is 11.4 Å². The summed E-state index contributed by atoms with van der Waals surface area (Å²) in [5.41, 5.74) is 0.481. The lowest BCUT2D eigenvalue weighted by molar-refractivity contribution is -0.384. The van der Waals surface area contributed by atoms with Crippen molar-refractivity contribution in [3.8, 4) is 0 Å². The molecule has 1 amide bonds. The van der Waals surface area contributed by atoms with Crippen molar-refractivity contribution >= 4 is 44.8 Å². The lowest BCUT2D eigenvalue weighted by Gasteiger charge is -2.35. The van der Waals surface area contributed by atoms with E-state index >= 15 is 0 Å². The summed E-state index contributed by atoms with van der Waals surface area (Å²) < 4.78 is 5.78. The number of anilines is 1. The number of carbonyl (C=O) groups excluding carboxylic acids is 1. The molecule has 126 valence electrons. The van der Waals surface area contributed by atoms with Gasteiger partial charge < -0.3 is 14.2 Å². The van der Waals surface area contributed by atoms with Crippen LogP contribution in [-0.4, -0.2) is 41.9 Å². The van der Waals surface area contributed by atoms with Gasteiger partial charge in [0.25, 0.3) is 11.6 Å². The number of amides is 1. The van der Waals surface area contributed by atoms with Gasteiger partial charge in [-0.15, -0.1) is 0 Å². The molecule has 1 saturated heterocycles. The van der Waals surface area contributed by atoms with E-state index in [9.17, 15) is 14.9 Å². The second-order valence-electron chi connectivity index (χ2n) is 5.27. The Kier molecular flexibility index (Phi) is 4.77. The van der Waals surface area contributed by atoms with Gasteiger partial charge >= 0.3 is 0 Å². The van der Waals surface area contributed by atoms with Gasteiger partial charge in [-0.2, -0.15) is 0 Å². The number of hydrogen-bond donors (Lipinski definition) is 0. The molecule has 9 heteroatoms. The minimum atomic E-state index is -0.445. The molecular formula is C15H13BrClN3O4. The zero-order valence-electron chi connectivity index (χ0n) is 12.4. The molecule has 1 aliphatic heterocycles. The van der Waals surface area contributed by atoms with Crippen LogP contribution in [0.25, 0.3) is 0 Å². The largest absolute Gasteiger partial charge is 0.444 e. The second kappa shape index (κ2) is 6.82. The molecule has 0 aliphatic carbocycles. The Hall–Kier alpha value is -2.06. The molecule has 1 aliphatic rings. The first kappa shape index (κ1) is 16.8. The zero-order valence-corrected chi connectivity index (χ0v) is 14.8. The average molecular weight is 415 g/mol. The third-order valence-electron chi connectivity index (χ3n) is 3.83. The smallest absolute Gasteiger partial charge is 0.294 e. The molecule has 0 radical (unpaired) electrons. The number of benzene rings is 1. The number of furan rings is 1. The van der Waals surface area contributed by atoms with Gasteiger partial charge in [-0.1, -0.05) is 11.6 Å². The van der Waals surface area contributed by atoms with E-state index in [1.165, 1.54) is 6.07 Å². The number of nitrogens with zero attached hydrogens (tertiary/aromatic N) is 3. The molecule has 1 aromatic heterocycles. The molecule has 0 atom stereocenters. The van der Waals surface area contributed by atoms with E-state index in [-0.39, 0.29) is 17.4 Å². The summed E-state index contributed by atoms with van der Waals surface area (Å²) in [6.07, 6.45) is 0. The van der Waals surface area contributed by atoms with Crippen LogP contribution in [0.2, 0.25) is 5.02 Å². The lowest BCUT2D eigenvalue weighted by Crippen LogP contribution is -2.48. The van der Waals surface area contributed by atoms with E-state index in [1.807, 2.05) is 4.90 Å². The maximum absolute atomic E-state index is 12.3.